The molecule has 0 saturated carbocycles. The quantitative estimate of drug-likeness (QED) is 0.425. The maximum atomic E-state index is 11.9. The van der Waals surface area contributed by atoms with Crippen LogP contribution in [0.4, 0.5) is 0 Å². The second-order valence-electron chi connectivity index (χ2n) is 5.05. The molecule has 5 N–H and O–H groups in total. The first-order valence-corrected chi connectivity index (χ1v) is 6.74. The Kier molecular flexibility index (Phi) is 5.41. The van der Waals surface area contributed by atoms with Crippen LogP contribution < -0.4 is 0 Å². The van der Waals surface area contributed by atoms with Gasteiger partial charge in [0.05, 0.1) is 0 Å². The van der Waals surface area contributed by atoms with Crippen molar-refractivity contribution < 1.29 is 35.1 Å². The highest BCUT2D eigenvalue weighted by Crippen LogP contribution is 2.22. The lowest BCUT2D eigenvalue weighted by molar-refractivity contribution is -0.293. The third-order valence-electron chi connectivity index (χ3n) is 3.47. The van der Waals surface area contributed by atoms with Gasteiger partial charge in [-0.25, -0.2) is 0 Å². The number of benzene rings is 1. The molecule has 1 saturated heterocycles. The van der Waals surface area contributed by atoms with Crippen molar-refractivity contribution in [3.8, 4) is 0 Å². The van der Waals surface area contributed by atoms with Crippen LogP contribution in [0.1, 0.15) is 5.56 Å². The second-order valence-corrected chi connectivity index (χ2v) is 5.05. The van der Waals surface area contributed by atoms with Gasteiger partial charge in [0.1, 0.15) is 30.5 Å². The van der Waals surface area contributed by atoms with Crippen molar-refractivity contribution in [3.05, 3.63) is 42.0 Å². The van der Waals surface area contributed by atoms with Crippen molar-refractivity contribution in [2.45, 2.75) is 36.8 Å². The number of ketones is 1. The van der Waals surface area contributed by atoms with Crippen LogP contribution in [0.2, 0.25) is 0 Å². The van der Waals surface area contributed by atoms with Gasteiger partial charge >= 0.3 is 0 Å². The molecule has 2 rings (SSSR count). The number of carbonyl (C=O) groups is 1. The van der Waals surface area contributed by atoms with Crippen LogP contribution in [0, 0.1) is 0 Å². The molecule has 1 aliphatic heterocycles. The molecule has 120 valence electrons. The van der Waals surface area contributed by atoms with Crippen molar-refractivity contribution in [3.63, 3.8) is 0 Å². The molecule has 0 radical (unpaired) electrons. The predicted molar refractivity (Wildman–Crippen MR) is 75.4 cm³/mol. The van der Waals surface area contributed by atoms with Gasteiger partial charge in [0.2, 0.25) is 0 Å². The first-order chi connectivity index (χ1) is 10.4. The van der Waals surface area contributed by atoms with E-state index in [1.54, 1.807) is 24.3 Å². The van der Waals surface area contributed by atoms with E-state index in [1.165, 1.54) is 6.08 Å². The lowest BCUT2D eigenvalue weighted by Gasteiger charge is -2.39. The zero-order valence-corrected chi connectivity index (χ0v) is 11.6. The number of hydrogen-bond donors (Lipinski definition) is 5. The van der Waals surface area contributed by atoms with Crippen molar-refractivity contribution in [1.29, 1.82) is 0 Å². The van der Waals surface area contributed by atoms with E-state index in [9.17, 15) is 30.3 Å². The van der Waals surface area contributed by atoms with Crippen molar-refractivity contribution in [2.24, 2.45) is 0 Å². The monoisotopic (exact) mass is 310 g/mol. The number of rotatable bonds is 4. The molecule has 0 aromatic heterocycles. The van der Waals surface area contributed by atoms with Crippen LogP contribution in [0.3, 0.4) is 0 Å². The maximum Gasteiger partial charge on any atom is 0.186 e. The summed E-state index contributed by atoms with van der Waals surface area (Å²) in [6, 6.07) is 8.89. The number of hydrogen-bond acceptors (Lipinski definition) is 7. The Bertz CT molecular complexity index is 530. The first-order valence-electron chi connectivity index (χ1n) is 6.74. The predicted octanol–water partition coefficient (Wildman–Crippen LogP) is -1.57. The third kappa shape index (κ3) is 3.58. The van der Waals surface area contributed by atoms with E-state index in [0.717, 1.165) is 11.6 Å². The summed E-state index contributed by atoms with van der Waals surface area (Å²) in [5.74, 6) is -0.760. The Morgan fingerprint density at radius 1 is 1.05 bits per heavy atom. The molecule has 7 heteroatoms. The molecule has 0 amide bonds. The van der Waals surface area contributed by atoms with Gasteiger partial charge < -0.3 is 30.3 Å². The average Bonchev–Trinajstić information content (AvgIpc) is 2.54. The normalized spacial score (nSPS) is 33.8. The van der Waals surface area contributed by atoms with E-state index in [1.807, 2.05) is 6.07 Å². The zero-order valence-electron chi connectivity index (χ0n) is 11.6. The lowest BCUT2D eigenvalue weighted by atomic mass is 9.93. The van der Waals surface area contributed by atoms with Gasteiger partial charge in [-0.05, 0) is 11.6 Å². The molecule has 0 bridgehead atoms. The highest BCUT2D eigenvalue weighted by Gasteiger charge is 2.47. The number of aliphatic hydroxyl groups excluding tert-OH is 5. The third-order valence-corrected chi connectivity index (χ3v) is 3.47. The van der Waals surface area contributed by atoms with Crippen LogP contribution >= 0.6 is 0 Å². The first kappa shape index (κ1) is 16.8. The fourth-order valence-corrected chi connectivity index (χ4v) is 2.15. The standard InChI is InChI=1S/C15H18O7/c16-9(7-6-8-4-2-1-3-5-8)10(17)14-12(19)11(18)13(20)15(21)22-14/h1-7,10-15,17-21H/t10?,11-,12+,13+,14+,15?/m0/s1. The fourth-order valence-electron chi connectivity index (χ4n) is 2.15. The molecular formula is C15H18O7. The molecule has 22 heavy (non-hydrogen) atoms. The highest BCUT2D eigenvalue weighted by atomic mass is 16.6. The van der Waals surface area contributed by atoms with Crippen LogP contribution in [0.5, 0.6) is 0 Å². The van der Waals surface area contributed by atoms with Crippen LogP contribution in [0.25, 0.3) is 6.08 Å². The summed E-state index contributed by atoms with van der Waals surface area (Å²) in [6.45, 7) is 0. The van der Waals surface area contributed by atoms with Gasteiger partial charge in [0.25, 0.3) is 0 Å². The Morgan fingerprint density at radius 2 is 1.68 bits per heavy atom. The highest BCUT2D eigenvalue weighted by molar-refractivity contribution is 5.97. The number of carbonyl (C=O) groups excluding carboxylic acids is 1. The molecule has 1 aliphatic rings. The minimum Gasteiger partial charge on any atom is -0.387 e. The van der Waals surface area contributed by atoms with Crippen LogP contribution in [-0.2, 0) is 9.53 Å². The zero-order chi connectivity index (χ0) is 16.3. The molecule has 0 spiro atoms. The van der Waals surface area contributed by atoms with Crippen LogP contribution in [0.15, 0.2) is 36.4 Å². The fraction of sp³-hybridized carbons (Fsp3) is 0.400. The molecular weight excluding hydrogens is 292 g/mol. The number of ether oxygens (including phenoxy) is 1. The van der Waals surface area contributed by atoms with E-state index in [2.05, 4.69) is 0 Å². The van der Waals surface area contributed by atoms with Gasteiger partial charge in [0, 0.05) is 0 Å². The molecule has 1 heterocycles. The lowest BCUT2D eigenvalue weighted by Crippen LogP contribution is -2.61. The van der Waals surface area contributed by atoms with Gasteiger partial charge in [-0.2, -0.15) is 0 Å². The smallest absolute Gasteiger partial charge is 0.186 e. The summed E-state index contributed by atoms with van der Waals surface area (Å²) >= 11 is 0. The molecule has 2 unspecified atom stereocenters. The summed E-state index contributed by atoms with van der Waals surface area (Å²) in [5.41, 5.74) is 0.739. The second kappa shape index (κ2) is 7.10. The largest absolute Gasteiger partial charge is 0.387 e. The Morgan fingerprint density at radius 3 is 2.32 bits per heavy atom. The van der Waals surface area contributed by atoms with Gasteiger partial charge in [-0.3, -0.25) is 4.79 Å². The Labute approximate surface area is 126 Å². The van der Waals surface area contributed by atoms with Gasteiger partial charge in [-0.15, -0.1) is 0 Å². The Hall–Kier alpha value is -1.61. The molecule has 6 atom stereocenters. The summed E-state index contributed by atoms with van der Waals surface area (Å²) < 4.78 is 4.81. The Balaban J connectivity index is 2.05. The molecule has 7 nitrogen and oxygen atoms in total. The minimum absolute atomic E-state index is 0.739. The van der Waals surface area contributed by atoms with E-state index >= 15 is 0 Å². The molecule has 1 fully saturated rings. The molecule has 1 aromatic rings. The van der Waals surface area contributed by atoms with Crippen LogP contribution in [-0.4, -0.2) is 68.1 Å². The topological polar surface area (TPSA) is 127 Å². The molecule has 0 aliphatic carbocycles. The SMILES string of the molecule is O=C(C=Cc1ccccc1)C(O)[C@H]1OC(O)[C@H](O)[C@@H](O)[C@H]1O. The van der Waals surface area contributed by atoms with Crippen molar-refractivity contribution in [1.82, 2.24) is 0 Å². The van der Waals surface area contributed by atoms with Gasteiger partial charge in [0.15, 0.2) is 12.1 Å². The van der Waals surface area contributed by atoms with E-state index in [4.69, 9.17) is 4.74 Å². The minimum atomic E-state index is -1.80. The van der Waals surface area contributed by atoms with Crippen molar-refractivity contribution in [2.75, 3.05) is 0 Å². The van der Waals surface area contributed by atoms with E-state index in [-0.39, 0.29) is 0 Å². The summed E-state index contributed by atoms with van der Waals surface area (Å²) in [7, 11) is 0. The summed E-state index contributed by atoms with van der Waals surface area (Å²) in [5, 5.41) is 47.9. The summed E-state index contributed by atoms with van der Waals surface area (Å²) in [6.07, 6.45) is -7.69. The average molecular weight is 310 g/mol. The van der Waals surface area contributed by atoms with Gasteiger partial charge in [-0.1, -0.05) is 36.4 Å². The van der Waals surface area contributed by atoms with E-state index < -0.39 is 42.6 Å². The molecule has 1 aromatic carbocycles. The summed E-state index contributed by atoms with van der Waals surface area (Å²) in [4.78, 5) is 11.9. The number of aliphatic hydroxyl groups is 5. The van der Waals surface area contributed by atoms with E-state index in [0.29, 0.717) is 0 Å². The van der Waals surface area contributed by atoms with Crippen molar-refractivity contribution >= 4 is 11.9 Å². The maximum absolute atomic E-state index is 11.9.